The Hall–Kier alpha value is -1.43. The zero-order valence-electron chi connectivity index (χ0n) is 10.7. The Balaban J connectivity index is 2.20. The quantitative estimate of drug-likeness (QED) is 0.800. The van der Waals surface area contributed by atoms with E-state index in [0.29, 0.717) is 30.1 Å². The highest BCUT2D eigenvalue weighted by molar-refractivity contribution is 6.18. The van der Waals surface area contributed by atoms with Crippen LogP contribution in [-0.4, -0.2) is 24.7 Å². The second kappa shape index (κ2) is 5.52. The van der Waals surface area contributed by atoms with Crippen LogP contribution in [0.25, 0.3) is 0 Å². The highest BCUT2D eigenvalue weighted by Crippen LogP contribution is 2.32. The number of amides is 1. The topological polar surface area (TPSA) is 29.5 Å². The number of halogens is 4. The highest BCUT2D eigenvalue weighted by Gasteiger charge is 2.33. The fourth-order valence-corrected chi connectivity index (χ4v) is 2.45. The van der Waals surface area contributed by atoms with Crippen molar-refractivity contribution in [2.24, 2.45) is 5.92 Å². The number of hydrogen-bond acceptors (Lipinski definition) is 2. The molecule has 0 saturated carbocycles. The third kappa shape index (κ3) is 3.36. The first kappa shape index (κ1) is 15.0. The number of rotatable bonds is 3. The Bertz CT molecular complexity index is 519. The van der Waals surface area contributed by atoms with E-state index in [4.69, 9.17) is 11.6 Å². The molecule has 1 aromatic rings. The Morgan fingerprint density at radius 1 is 1.45 bits per heavy atom. The van der Waals surface area contributed by atoms with Crippen molar-refractivity contribution in [1.29, 1.82) is 0 Å². The standard InChI is InChI=1S/C13H13ClF3NO2/c1-8-4-10(20-13(15,16)17)2-3-11(8)18-7-9(6-14)5-12(18)19/h2-4,9H,5-7H2,1H3. The number of hydrogen-bond donors (Lipinski definition) is 0. The summed E-state index contributed by atoms with van der Waals surface area (Å²) in [5.74, 6) is 0.105. The summed E-state index contributed by atoms with van der Waals surface area (Å²) in [5.41, 5.74) is 1.15. The van der Waals surface area contributed by atoms with E-state index in [9.17, 15) is 18.0 Å². The van der Waals surface area contributed by atoms with Gasteiger partial charge in [-0.15, -0.1) is 24.8 Å². The van der Waals surface area contributed by atoms with E-state index >= 15 is 0 Å². The first-order valence-electron chi connectivity index (χ1n) is 6.03. The van der Waals surface area contributed by atoms with Gasteiger partial charge in [-0.05, 0) is 36.6 Å². The molecule has 1 aromatic carbocycles. The Kier molecular flexibility index (Phi) is 4.13. The van der Waals surface area contributed by atoms with Crippen LogP contribution < -0.4 is 9.64 Å². The number of carbonyl (C=O) groups is 1. The van der Waals surface area contributed by atoms with E-state index in [1.54, 1.807) is 11.8 Å². The van der Waals surface area contributed by atoms with Crippen LogP contribution in [0, 0.1) is 12.8 Å². The zero-order chi connectivity index (χ0) is 14.9. The molecule has 1 saturated heterocycles. The summed E-state index contributed by atoms with van der Waals surface area (Å²) >= 11 is 5.74. The molecule has 1 aliphatic rings. The van der Waals surface area contributed by atoms with Gasteiger partial charge in [-0.1, -0.05) is 0 Å². The van der Waals surface area contributed by atoms with Crippen LogP contribution in [0.2, 0.25) is 0 Å². The minimum atomic E-state index is -4.72. The van der Waals surface area contributed by atoms with Gasteiger partial charge in [0.05, 0.1) is 0 Å². The number of aryl methyl sites for hydroxylation is 1. The fraction of sp³-hybridized carbons (Fsp3) is 0.462. The van der Waals surface area contributed by atoms with Gasteiger partial charge in [-0.2, -0.15) is 0 Å². The van der Waals surface area contributed by atoms with Crippen LogP contribution in [0.15, 0.2) is 18.2 Å². The van der Waals surface area contributed by atoms with Gasteiger partial charge in [0.15, 0.2) is 0 Å². The number of benzene rings is 1. The molecule has 3 nitrogen and oxygen atoms in total. The summed E-state index contributed by atoms with van der Waals surface area (Å²) < 4.78 is 40.2. The summed E-state index contributed by atoms with van der Waals surface area (Å²) in [7, 11) is 0. The lowest BCUT2D eigenvalue weighted by Crippen LogP contribution is -2.25. The van der Waals surface area contributed by atoms with E-state index in [1.807, 2.05) is 0 Å². The molecule has 0 N–H and O–H groups in total. The van der Waals surface area contributed by atoms with E-state index in [0.717, 1.165) is 0 Å². The van der Waals surface area contributed by atoms with E-state index in [2.05, 4.69) is 4.74 Å². The van der Waals surface area contributed by atoms with Crippen LogP contribution in [0.5, 0.6) is 5.75 Å². The smallest absolute Gasteiger partial charge is 0.406 e. The maximum atomic E-state index is 12.1. The zero-order valence-corrected chi connectivity index (χ0v) is 11.5. The predicted octanol–water partition coefficient (Wildman–Crippen LogP) is 3.49. The van der Waals surface area contributed by atoms with Crippen molar-refractivity contribution in [3.05, 3.63) is 23.8 Å². The molecule has 1 fully saturated rings. The molecular weight excluding hydrogens is 295 g/mol. The monoisotopic (exact) mass is 307 g/mol. The SMILES string of the molecule is Cc1cc(OC(F)(F)F)ccc1N1CC(CCl)CC1=O. The molecule has 2 rings (SSSR count). The predicted molar refractivity (Wildman–Crippen MR) is 69.0 cm³/mol. The Labute approximate surface area is 119 Å². The van der Waals surface area contributed by atoms with Gasteiger partial charge < -0.3 is 9.64 Å². The molecule has 1 aliphatic heterocycles. The van der Waals surface area contributed by atoms with Gasteiger partial charge in [-0.3, -0.25) is 4.79 Å². The van der Waals surface area contributed by atoms with Crippen molar-refractivity contribution >= 4 is 23.2 Å². The van der Waals surface area contributed by atoms with Crippen molar-refractivity contribution in [1.82, 2.24) is 0 Å². The van der Waals surface area contributed by atoms with E-state index in [-0.39, 0.29) is 17.6 Å². The van der Waals surface area contributed by atoms with Gasteiger partial charge in [0.1, 0.15) is 5.75 Å². The fourth-order valence-electron chi connectivity index (χ4n) is 2.25. The van der Waals surface area contributed by atoms with E-state index < -0.39 is 6.36 Å². The van der Waals surface area contributed by atoms with Crippen molar-refractivity contribution < 1.29 is 22.7 Å². The van der Waals surface area contributed by atoms with Crippen molar-refractivity contribution in [3.63, 3.8) is 0 Å². The molecule has 1 unspecified atom stereocenters. The Morgan fingerprint density at radius 3 is 2.65 bits per heavy atom. The maximum Gasteiger partial charge on any atom is 0.573 e. The lowest BCUT2D eigenvalue weighted by molar-refractivity contribution is -0.274. The third-order valence-corrected chi connectivity index (χ3v) is 3.55. The van der Waals surface area contributed by atoms with Crippen LogP contribution in [0.3, 0.4) is 0 Å². The largest absolute Gasteiger partial charge is 0.573 e. The van der Waals surface area contributed by atoms with Gasteiger partial charge in [0, 0.05) is 24.5 Å². The summed E-state index contributed by atoms with van der Waals surface area (Å²) in [4.78, 5) is 13.4. The first-order valence-corrected chi connectivity index (χ1v) is 6.56. The van der Waals surface area contributed by atoms with Gasteiger partial charge in [0.25, 0.3) is 0 Å². The van der Waals surface area contributed by atoms with Gasteiger partial charge >= 0.3 is 6.36 Å². The molecular formula is C13H13ClF3NO2. The van der Waals surface area contributed by atoms with Crippen LogP contribution >= 0.6 is 11.6 Å². The number of alkyl halides is 4. The van der Waals surface area contributed by atoms with E-state index in [1.165, 1.54) is 18.2 Å². The van der Waals surface area contributed by atoms with Gasteiger partial charge in [0.2, 0.25) is 5.91 Å². The summed E-state index contributed by atoms with van der Waals surface area (Å²) in [6.07, 6.45) is -4.36. The molecule has 0 aliphatic carbocycles. The van der Waals surface area contributed by atoms with Crippen LogP contribution in [-0.2, 0) is 4.79 Å². The molecule has 20 heavy (non-hydrogen) atoms. The van der Waals surface area contributed by atoms with Crippen molar-refractivity contribution in [2.75, 3.05) is 17.3 Å². The van der Waals surface area contributed by atoms with Crippen LogP contribution in [0.1, 0.15) is 12.0 Å². The summed E-state index contributed by atoms with van der Waals surface area (Å²) in [6.45, 7) is 2.13. The van der Waals surface area contributed by atoms with Crippen LogP contribution in [0.4, 0.5) is 18.9 Å². The average molecular weight is 308 g/mol. The molecule has 0 radical (unpaired) electrons. The second-order valence-electron chi connectivity index (χ2n) is 4.72. The molecule has 1 amide bonds. The number of carbonyl (C=O) groups excluding carboxylic acids is 1. The lowest BCUT2D eigenvalue weighted by atomic mass is 10.1. The number of ether oxygens (including phenoxy) is 1. The first-order chi connectivity index (χ1) is 9.30. The minimum absolute atomic E-state index is 0.0664. The van der Waals surface area contributed by atoms with Crippen molar-refractivity contribution in [3.8, 4) is 5.75 Å². The molecule has 0 spiro atoms. The normalized spacial score (nSPS) is 19.6. The third-order valence-electron chi connectivity index (χ3n) is 3.12. The number of nitrogens with zero attached hydrogens (tertiary/aromatic N) is 1. The van der Waals surface area contributed by atoms with Gasteiger partial charge in [-0.25, -0.2) is 0 Å². The highest BCUT2D eigenvalue weighted by atomic mass is 35.5. The summed E-state index contributed by atoms with van der Waals surface area (Å²) in [5, 5.41) is 0. The molecule has 110 valence electrons. The minimum Gasteiger partial charge on any atom is -0.406 e. The maximum absolute atomic E-state index is 12.1. The molecule has 0 bridgehead atoms. The van der Waals surface area contributed by atoms with Crippen molar-refractivity contribution in [2.45, 2.75) is 19.7 Å². The molecule has 7 heteroatoms. The molecule has 1 heterocycles. The average Bonchev–Trinajstić information content (AvgIpc) is 2.69. The molecule has 1 atom stereocenters. The molecule has 0 aromatic heterocycles. The summed E-state index contributed by atoms with van der Waals surface area (Å²) in [6, 6.07) is 3.94. The lowest BCUT2D eigenvalue weighted by Gasteiger charge is -2.20. The Morgan fingerprint density at radius 2 is 2.15 bits per heavy atom. The number of anilines is 1. The second-order valence-corrected chi connectivity index (χ2v) is 5.03.